The van der Waals surface area contributed by atoms with Crippen LogP contribution < -0.4 is 10.5 Å². The number of hydrogen-bond acceptors (Lipinski definition) is 5. The van der Waals surface area contributed by atoms with Crippen LogP contribution >= 0.6 is 11.8 Å². The quantitative estimate of drug-likeness (QED) is 0.879. The normalized spacial score (nSPS) is 18.4. The Bertz CT molecular complexity index is 673. The highest BCUT2D eigenvalue weighted by molar-refractivity contribution is 7.98. The maximum atomic E-state index is 11.9. The highest BCUT2D eigenvalue weighted by Crippen LogP contribution is 2.22. The molecule has 1 N–H and O–H groups in total. The first-order valence-corrected chi connectivity index (χ1v) is 8.58. The smallest absolute Gasteiger partial charge is 0.252 e. The van der Waals surface area contributed by atoms with Gasteiger partial charge in [-0.05, 0) is 30.9 Å². The van der Waals surface area contributed by atoms with Crippen LogP contribution in [0.1, 0.15) is 25.5 Å². The largest absolute Gasteiger partial charge is 0.342 e. The van der Waals surface area contributed by atoms with Crippen LogP contribution in [-0.2, 0) is 5.75 Å². The number of pyridine rings is 1. The molecular weight excluding hydrogens is 296 g/mol. The van der Waals surface area contributed by atoms with Crippen molar-refractivity contribution in [1.29, 1.82) is 0 Å². The Balaban J connectivity index is 1.73. The first kappa shape index (κ1) is 15.1. The second-order valence-corrected chi connectivity index (χ2v) is 6.71. The standard InChI is InChI=1S/C16H20N4OS/c1-12-5-4-8-20(10-12)16-18-13(9-14(21)19-16)11-22-15-6-2-3-7-17-15/h2-3,6-7,9,12H,4-5,8,10-11H2,1H3,(H,18,19,21). The molecule has 1 saturated heterocycles. The van der Waals surface area contributed by atoms with Crippen LogP contribution in [0.15, 0.2) is 40.3 Å². The van der Waals surface area contributed by atoms with Crippen molar-refractivity contribution in [3.63, 3.8) is 0 Å². The first-order chi connectivity index (χ1) is 10.7. The lowest BCUT2D eigenvalue weighted by Crippen LogP contribution is -2.36. The van der Waals surface area contributed by atoms with Gasteiger partial charge in [-0.15, -0.1) is 11.8 Å². The number of anilines is 1. The summed E-state index contributed by atoms with van der Waals surface area (Å²) in [6.07, 6.45) is 4.17. The summed E-state index contributed by atoms with van der Waals surface area (Å²) in [7, 11) is 0. The van der Waals surface area contributed by atoms with Gasteiger partial charge in [-0.25, -0.2) is 9.97 Å². The fraction of sp³-hybridized carbons (Fsp3) is 0.438. The average Bonchev–Trinajstić information content (AvgIpc) is 2.53. The molecule has 0 bridgehead atoms. The third kappa shape index (κ3) is 3.88. The van der Waals surface area contributed by atoms with Gasteiger partial charge in [0.25, 0.3) is 5.56 Å². The van der Waals surface area contributed by atoms with E-state index in [1.807, 2.05) is 18.2 Å². The van der Waals surface area contributed by atoms with Gasteiger partial charge in [0.15, 0.2) is 0 Å². The van der Waals surface area contributed by atoms with E-state index in [2.05, 4.69) is 26.8 Å². The minimum absolute atomic E-state index is 0.0835. The van der Waals surface area contributed by atoms with Crippen LogP contribution in [0, 0.1) is 5.92 Å². The molecule has 0 aromatic carbocycles. The summed E-state index contributed by atoms with van der Waals surface area (Å²) >= 11 is 1.59. The van der Waals surface area contributed by atoms with Crippen molar-refractivity contribution in [2.45, 2.75) is 30.5 Å². The first-order valence-electron chi connectivity index (χ1n) is 7.60. The van der Waals surface area contributed by atoms with Crippen molar-refractivity contribution in [2.75, 3.05) is 18.0 Å². The van der Waals surface area contributed by atoms with E-state index in [0.29, 0.717) is 17.6 Å². The highest BCUT2D eigenvalue weighted by atomic mass is 32.2. The average molecular weight is 316 g/mol. The third-order valence-electron chi connectivity index (χ3n) is 3.74. The SMILES string of the molecule is CC1CCCN(c2nc(CSc3ccccn3)cc(=O)[nH]2)C1. The molecule has 1 aliphatic heterocycles. The second kappa shape index (κ2) is 6.96. The van der Waals surface area contributed by atoms with Gasteiger partial charge < -0.3 is 4.90 Å². The molecule has 1 unspecified atom stereocenters. The van der Waals surface area contributed by atoms with Crippen LogP contribution in [0.2, 0.25) is 0 Å². The molecule has 3 heterocycles. The summed E-state index contributed by atoms with van der Waals surface area (Å²) in [6.45, 7) is 4.16. The minimum Gasteiger partial charge on any atom is -0.342 e. The lowest BCUT2D eigenvalue weighted by Gasteiger charge is -2.31. The molecule has 1 aliphatic rings. The molecule has 5 nitrogen and oxygen atoms in total. The van der Waals surface area contributed by atoms with Gasteiger partial charge in [-0.1, -0.05) is 13.0 Å². The zero-order valence-corrected chi connectivity index (χ0v) is 13.5. The zero-order valence-electron chi connectivity index (χ0n) is 12.7. The summed E-state index contributed by atoms with van der Waals surface area (Å²) in [6, 6.07) is 7.39. The van der Waals surface area contributed by atoms with E-state index in [9.17, 15) is 4.79 Å². The molecule has 0 spiro atoms. The van der Waals surface area contributed by atoms with Gasteiger partial charge in [0.2, 0.25) is 5.95 Å². The van der Waals surface area contributed by atoms with Crippen molar-refractivity contribution in [3.05, 3.63) is 46.5 Å². The van der Waals surface area contributed by atoms with Gasteiger partial charge in [-0.3, -0.25) is 9.78 Å². The van der Waals surface area contributed by atoms with Gasteiger partial charge >= 0.3 is 0 Å². The van der Waals surface area contributed by atoms with E-state index < -0.39 is 0 Å². The number of nitrogens with zero attached hydrogens (tertiary/aromatic N) is 3. The number of aromatic nitrogens is 3. The Morgan fingerprint density at radius 1 is 1.45 bits per heavy atom. The molecule has 0 saturated carbocycles. The number of thioether (sulfide) groups is 1. The number of aromatic amines is 1. The molecular formula is C16H20N4OS. The van der Waals surface area contributed by atoms with E-state index in [-0.39, 0.29) is 5.56 Å². The lowest BCUT2D eigenvalue weighted by atomic mass is 10.0. The molecule has 0 aliphatic carbocycles. The Kier molecular flexibility index (Phi) is 4.77. The van der Waals surface area contributed by atoms with Crippen molar-refractivity contribution >= 4 is 17.7 Å². The number of nitrogens with one attached hydrogen (secondary N) is 1. The van der Waals surface area contributed by atoms with Crippen molar-refractivity contribution in [1.82, 2.24) is 15.0 Å². The summed E-state index contributed by atoms with van der Waals surface area (Å²) in [5, 5.41) is 0.942. The molecule has 6 heteroatoms. The Hall–Kier alpha value is -1.82. The molecule has 2 aromatic heterocycles. The van der Waals surface area contributed by atoms with Crippen molar-refractivity contribution in [3.8, 4) is 0 Å². The zero-order chi connectivity index (χ0) is 15.4. The van der Waals surface area contributed by atoms with E-state index in [0.717, 1.165) is 30.2 Å². The lowest BCUT2D eigenvalue weighted by molar-refractivity contribution is 0.441. The van der Waals surface area contributed by atoms with E-state index >= 15 is 0 Å². The fourth-order valence-electron chi connectivity index (χ4n) is 2.68. The molecule has 22 heavy (non-hydrogen) atoms. The topological polar surface area (TPSA) is 61.9 Å². The van der Waals surface area contributed by atoms with Crippen molar-refractivity contribution < 1.29 is 0 Å². The molecule has 1 fully saturated rings. The minimum atomic E-state index is -0.0835. The predicted octanol–water partition coefficient (Wildman–Crippen LogP) is 2.69. The summed E-state index contributed by atoms with van der Waals surface area (Å²) in [5.74, 6) is 2.00. The number of hydrogen-bond donors (Lipinski definition) is 1. The van der Waals surface area contributed by atoms with Crippen LogP contribution in [-0.4, -0.2) is 28.0 Å². The number of piperidine rings is 1. The van der Waals surface area contributed by atoms with Crippen molar-refractivity contribution in [2.24, 2.45) is 5.92 Å². The Morgan fingerprint density at radius 2 is 2.36 bits per heavy atom. The third-order valence-corrected chi connectivity index (χ3v) is 4.72. The van der Waals surface area contributed by atoms with Gasteiger partial charge in [-0.2, -0.15) is 0 Å². The number of rotatable bonds is 4. The van der Waals surface area contributed by atoms with Crippen LogP contribution in [0.4, 0.5) is 5.95 Å². The molecule has 1 atom stereocenters. The molecule has 116 valence electrons. The van der Waals surface area contributed by atoms with E-state index in [4.69, 9.17) is 0 Å². The maximum Gasteiger partial charge on any atom is 0.252 e. The highest BCUT2D eigenvalue weighted by Gasteiger charge is 2.18. The van der Waals surface area contributed by atoms with Gasteiger partial charge in [0.1, 0.15) is 0 Å². The maximum absolute atomic E-state index is 11.9. The number of H-pyrrole nitrogens is 1. The monoisotopic (exact) mass is 316 g/mol. The molecule has 0 radical (unpaired) electrons. The summed E-state index contributed by atoms with van der Waals surface area (Å²) in [5.41, 5.74) is 0.715. The molecule has 3 rings (SSSR count). The van der Waals surface area contributed by atoms with Crippen LogP contribution in [0.25, 0.3) is 0 Å². The predicted molar refractivity (Wildman–Crippen MR) is 89.3 cm³/mol. The van der Waals surface area contributed by atoms with Gasteiger partial charge in [0.05, 0.1) is 10.7 Å². The van der Waals surface area contributed by atoms with E-state index in [1.165, 1.54) is 6.42 Å². The van der Waals surface area contributed by atoms with Crippen LogP contribution in [0.5, 0.6) is 0 Å². The van der Waals surface area contributed by atoms with E-state index in [1.54, 1.807) is 24.0 Å². The fourth-order valence-corrected chi connectivity index (χ4v) is 3.43. The van der Waals surface area contributed by atoms with Gasteiger partial charge in [0, 0.05) is 31.1 Å². The summed E-state index contributed by atoms with van der Waals surface area (Å²) < 4.78 is 0. The Morgan fingerprint density at radius 3 is 3.14 bits per heavy atom. The molecule has 2 aromatic rings. The Labute approximate surface area is 134 Å². The van der Waals surface area contributed by atoms with Crippen LogP contribution in [0.3, 0.4) is 0 Å². The second-order valence-electron chi connectivity index (χ2n) is 5.71. The summed E-state index contributed by atoms with van der Waals surface area (Å²) in [4.78, 5) is 25.9. The molecule has 0 amide bonds.